The molecule has 3 aromatic heterocycles. The highest BCUT2D eigenvalue weighted by Crippen LogP contribution is 2.28. The van der Waals surface area contributed by atoms with Gasteiger partial charge in [0.05, 0.1) is 0 Å². The molecule has 0 bridgehead atoms. The van der Waals surface area contributed by atoms with E-state index < -0.39 is 5.91 Å². The molecule has 0 fully saturated rings. The normalized spacial score (nSPS) is 11.2. The number of hydrogen-bond donors (Lipinski definition) is 2. The maximum absolute atomic E-state index is 12.5. The number of carbonyl (C=O) groups excluding carboxylic acids is 1. The van der Waals surface area contributed by atoms with E-state index in [-0.39, 0.29) is 10.9 Å². The van der Waals surface area contributed by atoms with Gasteiger partial charge >= 0.3 is 0 Å². The Hall–Kier alpha value is -3.63. The number of thiocarbonyl (C=S) groups is 1. The van der Waals surface area contributed by atoms with E-state index in [1.54, 1.807) is 10.6 Å². The van der Waals surface area contributed by atoms with Gasteiger partial charge in [0.2, 0.25) is 4.96 Å². The molecule has 2 N–H and O–H groups in total. The Morgan fingerprint density at radius 1 is 1.13 bits per heavy atom. The van der Waals surface area contributed by atoms with Crippen LogP contribution in [0.1, 0.15) is 21.9 Å². The molecule has 5 rings (SSSR count). The third-order valence-electron chi connectivity index (χ3n) is 4.74. The Morgan fingerprint density at radius 3 is 2.74 bits per heavy atom. The first-order chi connectivity index (χ1) is 15.0. The lowest BCUT2D eigenvalue weighted by Gasteiger charge is -2.11. The van der Waals surface area contributed by atoms with Crippen molar-refractivity contribution in [3.8, 4) is 10.6 Å². The van der Waals surface area contributed by atoms with Crippen molar-refractivity contribution in [2.45, 2.75) is 13.8 Å². The van der Waals surface area contributed by atoms with E-state index >= 15 is 0 Å². The molecule has 0 unspecified atom stereocenters. The minimum Gasteiger partial charge on any atom is -0.451 e. The van der Waals surface area contributed by atoms with Gasteiger partial charge in [0, 0.05) is 16.6 Å². The number of fused-ring (bicyclic) bond motifs is 2. The second-order valence-corrected chi connectivity index (χ2v) is 8.30. The first-order valence-corrected chi connectivity index (χ1v) is 10.6. The van der Waals surface area contributed by atoms with Crippen molar-refractivity contribution < 1.29 is 9.21 Å². The molecule has 0 spiro atoms. The molecule has 2 aromatic carbocycles. The number of rotatable bonds is 3. The molecule has 8 nitrogen and oxygen atoms in total. The van der Waals surface area contributed by atoms with E-state index in [1.165, 1.54) is 11.3 Å². The number of para-hydroxylation sites is 1. The largest absolute Gasteiger partial charge is 0.451 e. The number of carbonyl (C=O) groups is 1. The van der Waals surface area contributed by atoms with Crippen molar-refractivity contribution in [2.75, 3.05) is 5.32 Å². The molecule has 0 aliphatic rings. The molecule has 0 atom stereocenters. The van der Waals surface area contributed by atoms with Gasteiger partial charge < -0.3 is 9.73 Å². The Kier molecular flexibility index (Phi) is 4.72. The molecule has 0 radical (unpaired) electrons. The van der Waals surface area contributed by atoms with Crippen LogP contribution in [0, 0.1) is 13.8 Å². The molecule has 5 aromatic rings. The van der Waals surface area contributed by atoms with E-state index in [9.17, 15) is 4.79 Å². The van der Waals surface area contributed by atoms with Gasteiger partial charge in [-0.15, -0.1) is 10.2 Å². The summed E-state index contributed by atoms with van der Waals surface area (Å²) >= 11 is 6.78. The predicted octanol–water partition coefficient (Wildman–Crippen LogP) is 4.34. The zero-order valence-corrected chi connectivity index (χ0v) is 18.2. The number of nitrogens with zero attached hydrogens (tertiary/aromatic N) is 4. The standard InChI is InChI=1S/C21H16N6O2S2/c1-11-9-14(19-26-27-12(2)24-25-21(27)31-19)7-8-15(11)22-20(30)23-18(28)17-10-13-5-3-4-6-16(13)29-17/h3-10H,1-2H3,(H2,22,23,28,30). The Labute approximate surface area is 185 Å². The lowest BCUT2D eigenvalue weighted by molar-refractivity contribution is 0.0953. The maximum Gasteiger partial charge on any atom is 0.293 e. The van der Waals surface area contributed by atoms with E-state index in [0.29, 0.717) is 5.58 Å². The van der Waals surface area contributed by atoms with Gasteiger partial charge in [-0.1, -0.05) is 29.5 Å². The molecule has 1 amide bonds. The van der Waals surface area contributed by atoms with Crippen LogP contribution < -0.4 is 10.6 Å². The Balaban J connectivity index is 1.30. The van der Waals surface area contributed by atoms with Gasteiger partial charge in [0.1, 0.15) is 10.6 Å². The summed E-state index contributed by atoms with van der Waals surface area (Å²) in [6, 6.07) is 15.0. The van der Waals surface area contributed by atoms with Crippen LogP contribution >= 0.6 is 23.6 Å². The van der Waals surface area contributed by atoms with Gasteiger partial charge in [-0.25, -0.2) is 0 Å². The smallest absolute Gasteiger partial charge is 0.293 e. The summed E-state index contributed by atoms with van der Waals surface area (Å²) in [6.45, 7) is 3.82. The molecule has 0 saturated heterocycles. The number of hydrogen-bond acceptors (Lipinski definition) is 7. The molecule has 0 saturated carbocycles. The zero-order valence-electron chi connectivity index (χ0n) is 16.5. The second-order valence-electron chi connectivity index (χ2n) is 6.94. The summed E-state index contributed by atoms with van der Waals surface area (Å²) in [5.41, 5.74) is 3.37. The summed E-state index contributed by atoms with van der Waals surface area (Å²) < 4.78 is 7.31. The molecular weight excluding hydrogens is 432 g/mol. The quantitative estimate of drug-likeness (QED) is 0.396. The highest BCUT2D eigenvalue weighted by atomic mass is 32.1. The number of anilines is 1. The van der Waals surface area contributed by atoms with E-state index in [4.69, 9.17) is 16.6 Å². The van der Waals surface area contributed by atoms with Crippen molar-refractivity contribution >= 4 is 56.2 Å². The van der Waals surface area contributed by atoms with Crippen LogP contribution in [-0.2, 0) is 0 Å². The third kappa shape index (κ3) is 3.66. The van der Waals surface area contributed by atoms with E-state index in [1.807, 2.05) is 56.3 Å². The highest BCUT2D eigenvalue weighted by Gasteiger charge is 2.15. The summed E-state index contributed by atoms with van der Waals surface area (Å²) in [5.74, 6) is 0.548. The number of furan rings is 1. The van der Waals surface area contributed by atoms with E-state index in [0.717, 1.165) is 38.0 Å². The van der Waals surface area contributed by atoms with Crippen LogP contribution in [0.4, 0.5) is 5.69 Å². The van der Waals surface area contributed by atoms with Crippen molar-refractivity contribution in [3.05, 3.63) is 65.7 Å². The second kappa shape index (κ2) is 7.56. The first kappa shape index (κ1) is 19.3. The zero-order chi connectivity index (χ0) is 21.5. The minimum absolute atomic E-state index is 0.190. The van der Waals surface area contributed by atoms with Crippen LogP contribution in [0.3, 0.4) is 0 Å². The highest BCUT2D eigenvalue weighted by molar-refractivity contribution is 7.80. The Morgan fingerprint density at radius 2 is 1.97 bits per heavy atom. The fourth-order valence-electron chi connectivity index (χ4n) is 3.18. The number of benzene rings is 2. The number of amides is 1. The fourth-order valence-corrected chi connectivity index (χ4v) is 4.26. The van der Waals surface area contributed by atoms with Crippen LogP contribution in [-0.4, -0.2) is 30.8 Å². The molecule has 154 valence electrons. The summed E-state index contributed by atoms with van der Waals surface area (Å²) in [4.78, 5) is 13.2. The average Bonchev–Trinajstić information content (AvgIpc) is 3.45. The number of aryl methyl sites for hydroxylation is 2. The van der Waals surface area contributed by atoms with Gasteiger partial charge in [-0.2, -0.15) is 9.61 Å². The lowest BCUT2D eigenvalue weighted by atomic mass is 10.1. The van der Waals surface area contributed by atoms with Crippen molar-refractivity contribution in [2.24, 2.45) is 0 Å². The SMILES string of the molecule is Cc1cc(-c2nn3c(C)nnc3s2)ccc1NC(=S)NC(=O)c1cc2ccccc2o1. The van der Waals surface area contributed by atoms with E-state index in [2.05, 4.69) is 25.9 Å². The van der Waals surface area contributed by atoms with Crippen LogP contribution in [0.2, 0.25) is 0 Å². The topological polar surface area (TPSA) is 97.4 Å². The maximum atomic E-state index is 12.5. The van der Waals surface area contributed by atoms with Crippen molar-refractivity contribution in [1.82, 2.24) is 25.1 Å². The van der Waals surface area contributed by atoms with Gasteiger partial charge in [0.25, 0.3) is 5.91 Å². The van der Waals surface area contributed by atoms with Crippen LogP contribution in [0.25, 0.3) is 26.5 Å². The fraction of sp³-hybridized carbons (Fsp3) is 0.0952. The van der Waals surface area contributed by atoms with Crippen LogP contribution in [0.15, 0.2) is 52.9 Å². The molecule has 3 heterocycles. The molecular formula is C21H16N6O2S2. The predicted molar refractivity (Wildman–Crippen MR) is 123 cm³/mol. The van der Waals surface area contributed by atoms with Gasteiger partial charge in [-0.05, 0) is 62.0 Å². The number of nitrogens with one attached hydrogen (secondary N) is 2. The van der Waals surface area contributed by atoms with Crippen molar-refractivity contribution in [1.29, 1.82) is 0 Å². The summed E-state index contributed by atoms with van der Waals surface area (Å²) in [7, 11) is 0. The first-order valence-electron chi connectivity index (χ1n) is 9.39. The molecule has 31 heavy (non-hydrogen) atoms. The molecule has 10 heteroatoms. The monoisotopic (exact) mass is 448 g/mol. The average molecular weight is 449 g/mol. The molecule has 0 aliphatic carbocycles. The summed E-state index contributed by atoms with van der Waals surface area (Å²) in [6.07, 6.45) is 0. The van der Waals surface area contributed by atoms with Crippen LogP contribution in [0.5, 0.6) is 0 Å². The third-order valence-corrected chi connectivity index (χ3v) is 5.90. The van der Waals surface area contributed by atoms with Gasteiger partial charge in [-0.3, -0.25) is 10.1 Å². The van der Waals surface area contributed by atoms with Crippen molar-refractivity contribution in [3.63, 3.8) is 0 Å². The molecule has 0 aliphatic heterocycles. The Bertz CT molecular complexity index is 1430. The van der Waals surface area contributed by atoms with Gasteiger partial charge in [0.15, 0.2) is 16.7 Å². The summed E-state index contributed by atoms with van der Waals surface area (Å²) in [5, 5.41) is 20.3. The minimum atomic E-state index is -0.405. The lowest BCUT2D eigenvalue weighted by Crippen LogP contribution is -2.34. The number of aromatic nitrogens is 4.